The SMILES string of the molecule is CCOC(=O)C1C(=O)N(CC(C)C)c2ccccc21. The summed E-state index contributed by atoms with van der Waals surface area (Å²) in [7, 11) is 0. The molecule has 0 radical (unpaired) electrons. The van der Waals surface area contributed by atoms with E-state index in [-0.39, 0.29) is 12.5 Å². The summed E-state index contributed by atoms with van der Waals surface area (Å²) in [6, 6.07) is 7.44. The number of anilines is 1. The average molecular weight is 261 g/mol. The molecule has 1 unspecified atom stereocenters. The van der Waals surface area contributed by atoms with Crippen LogP contribution in [0.15, 0.2) is 24.3 Å². The van der Waals surface area contributed by atoms with Crippen LogP contribution in [-0.2, 0) is 14.3 Å². The molecule has 1 heterocycles. The van der Waals surface area contributed by atoms with E-state index >= 15 is 0 Å². The topological polar surface area (TPSA) is 46.6 Å². The first-order valence-electron chi connectivity index (χ1n) is 6.63. The lowest BCUT2D eigenvalue weighted by Crippen LogP contribution is -2.34. The smallest absolute Gasteiger partial charge is 0.323 e. The number of hydrogen-bond acceptors (Lipinski definition) is 3. The zero-order valence-corrected chi connectivity index (χ0v) is 11.6. The summed E-state index contributed by atoms with van der Waals surface area (Å²) in [6.45, 7) is 6.75. The Morgan fingerprint density at radius 3 is 2.68 bits per heavy atom. The van der Waals surface area contributed by atoms with Crippen molar-refractivity contribution in [3.63, 3.8) is 0 Å². The van der Waals surface area contributed by atoms with Gasteiger partial charge in [0.05, 0.1) is 6.61 Å². The van der Waals surface area contributed by atoms with E-state index in [9.17, 15) is 9.59 Å². The van der Waals surface area contributed by atoms with E-state index in [1.165, 1.54) is 0 Å². The van der Waals surface area contributed by atoms with Gasteiger partial charge in [-0.15, -0.1) is 0 Å². The van der Waals surface area contributed by atoms with E-state index < -0.39 is 11.9 Å². The predicted molar refractivity (Wildman–Crippen MR) is 73.0 cm³/mol. The van der Waals surface area contributed by atoms with Crippen molar-refractivity contribution in [1.29, 1.82) is 0 Å². The molecule has 0 bridgehead atoms. The van der Waals surface area contributed by atoms with E-state index in [0.29, 0.717) is 12.5 Å². The third-order valence-electron chi connectivity index (χ3n) is 3.12. The number of fused-ring (bicyclic) bond motifs is 1. The Bertz CT molecular complexity index is 496. The molecule has 1 atom stereocenters. The fraction of sp³-hybridized carbons (Fsp3) is 0.467. The molecule has 0 N–H and O–H groups in total. The standard InChI is InChI=1S/C15H19NO3/c1-4-19-15(18)13-11-7-5-6-8-12(11)16(14(13)17)9-10(2)3/h5-8,10,13H,4,9H2,1-3H3. The Hall–Kier alpha value is -1.84. The number of para-hydroxylation sites is 1. The molecule has 0 spiro atoms. The van der Waals surface area contributed by atoms with Crippen molar-refractivity contribution in [2.24, 2.45) is 5.92 Å². The van der Waals surface area contributed by atoms with Crippen molar-refractivity contribution in [2.75, 3.05) is 18.1 Å². The highest BCUT2D eigenvalue weighted by molar-refractivity contribution is 6.16. The van der Waals surface area contributed by atoms with Crippen molar-refractivity contribution < 1.29 is 14.3 Å². The van der Waals surface area contributed by atoms with Crippen LogP contribution in [0.1, 0.15) is 32.3 Å². The number of nitrogens with zero attached hydrogens (tertiary/aromatic N) is 1. The Morgan fingerprint density at radius 2 is 2.05 bits per heavy atom. The Labute approximate surface area is 113 Å². The molecule has 19 heavy (non-hydrogen) atoms. The minimum Gasteiger partial charge on any atom is -0.465 e. The fourth-order valence-electron chi connectivity index (χ4n) is 2.39. The van der Waals surface area contributed by atoms with E-state index in [2.05, 4.69) is 0 Å². The molecule has 1 aliphatic heterocycles. The molecule has 0 saturated heterocycles. The van der Waals surface area contributed by atoms with Gasteiger partial charge in [0.25, 0.3) is 0 Å². The van der Waals surface area contributed by atoms with Crippen LogP contribution < -0.4 is 4.90 Å². The third-order valence-corrected chi connectivity index (χ3v) is 3.12. The minimum atomic E-state index is -0.796. The van der Waals surface area contributed by atoms with Crippen molar-refractivity contribution in [3.05, 3.63) is 29.8 Å². The monoisotopic (exact) mass is 261 g/mol. The van der Waals surface area contributed by atoms with Gasteiger partial charge < -0.3 is 9.64 Å². The van der Waals surface area contributed by atoms with Gasteiger partial charge in [-0.2, -0.15) is 0 Å². The van der Waals surface area contributed by atoms with Crippen LogP contribution in [0.3, 0.4) is 0 Å². The van der Waals surface area contributed by atoms with Gasteiger partial charge in [-0.05, 0) is 24.5 Å². The van der Waals surface area contributed by atoms with Gasteiger partial charge in [0.1, 0.15) is 0 Å². The minimum absolute atomic E-state index is 0.173. The van der Waals surface area contributed by atoms with Crippen LogP contribution in [-0.4, -0.2) is 25.0 Å². The van der Waals surface area contributed by atoms with Crippen LogP contribution in [0.2, 0.25) is 0 Å². The summed E-state index contributed by atoms with van der Waals surface area (Å²) in [4.78, 5) is 26.1. The van der Waals surface area contributed by atoms with Crippen LogP contribution in [0.4, 0.5) is 5.69 Å². The number of amides is 1. The molecule has 102 valence electrons. The Balaban J connectivity index is 2.38. The Morgan fingerprint density at radius 1 is 1.37 bits per heavy atom. The van der Waals surface area contributed by atoms with Gasteiger partial charge in [-0.25, -0.2) is 0 Å². The summed E-state index contributed by atoms with van der Waals surface area (Å²) in [5, 5.41) is 0. The van der Waals surface area contributed by atoms with Gasteiger partial charge in [-0.1, -0.05) is 32.0 Å². The van der Waals surface area contributed by atoms with Crippen LogP contribution in [0.5, 0.6) is 0 Å². The molecular formula is C15H19NO3. The predicted octanol–water partition coefficient (Wildman–Crippen LogP) is 2.34. The van der Waals surface area contributed by atoms with Crippen LogP contribution >= 0.6 is 0 Å². The molecule has 1 aliphatic rings. The summed E-state index contributed by atoms with van der Waals surface area (Å²) in [5.41, 5.74) is 1.59. The lowest BCUT2D eigenvalue weighted by molar-refractivity contribution is -0.147. The molecule has 0 aliphatic carbocycles. The maximum atomic E-state index is 12.4. The first kappa shape index (κ1) is 13.6. The molecular weight excluding hydrogens is 242 g/mol. The molecule has 4 heteroatoms. The molecule has 1 aromatic rings. The van der Waals surface area contributed by atoms with E-state index in [4.69, 9.17) is 4.74 Å². The van der Waals surface area contributed by atoms with Gasteiger partial charge in [0, 0.05) is 12.2 Å². The highest BCUT2D eigenvalue weighted by atomic mass is 16.5. The second-order valence-electron chi connectivity index (χ2n) is 5.09. The lowest BCUT2D eigenvalue weighted by atomic mass is 10.0. The quantitative estimate of drug-likeness (QED) is 0.617. The summed E-state index contributed by atoms with van der Waals surface area (Å²) >= 11 is 0. The molecule has 4 nitrogen and oxygen atoms in total. The summed E-state index contributed by atoms with van der Waals surface area (Å²) in [6.07, 6.45) is 0. The number of benzene rings is 1. The molecule has 1 amide bonds. The maximum absolute atomic E-state index is 12.4. The molecule has 0 aromatic heterocycles. The fourth-order valence-corrected chi connectivity index (χ4v) is 2.39. The van der Waals surface area contributed by atoms with Crippen molar-refractivity contribution in [3.8, 4) is 0 Å². The van der Waals surface area contributed by atoms with Crippen LogP contribution in [0, 0.1) is 5.92 Å². The second kappa shape index (κ2) is 5.43. The normalized spacial score (nSPS) is 17.8. The zero-order valence-electron chi connectivity index (χ0n) is 11.6. The maximum Gasteiger partial charge on any atom is 0.323 e. The zero-order chi connectivity index (χ0) is 14.0. The Kier molecular flexibility index (Phi) is 3.88. The summed E-state index contributed by atoms with van der Waals surface area (Å²) < 4.78 is 5.02. The number of hydrogen-bond donors (Lipinski definition) is 0. The van der Waals surface area contributed by atoms with E-state index in [1.807, 2.05) is 38.1 Å². The molecule has 0 saturated carbocycles. The molecule has 2 rings (SSSR count). The third kappa shape index (κ3) is 2.48. The number of ether oxygens (including phenoxy) is 1. The summed E-state index contributed by atoms with van der Waals surface area (Å²) in [5.74, 6) is -1.08. The van der Waals surface area contributed by atoms with Crippen molar-refractivity contribution in [1.82, 2.24) is 0 Å². The second-order valence-corrected chi connectivity index (χ2v) is 5.09. The van der Waals surface area contributed by atoms with Gasteiger partial charge in [-0.3, -0.25) is 9.59 Å². The first-order chi connectivity index (χ1) is 9.06. The lowest BCUT2D eigenvalue weighted by Gasteiger charge is -2.19. The number of carbonyl (C=O) groups is 2. The first-order valence-corrected chi connectivity index (χ1v) is 6.63. The number of carbonyl (C=O) groups excluding carboxylic acids is 2. The molecule has 1 aromatic carbocycles. The van der Waals surface area contributed by atoms with Crippen LogP contribution in [0.25, 0.3) is 0 Å². The van der Waals surface area contributed by atoms with E-state index in [1.54, 1.807) is 11.8 Å². The number of rotatable bonds is 4. The highest BCUT2D eigenvalue weighted by Crippen LogP contribution is 2.38. The van der Waals surface area contributed by atoms with Crippen molar-refractivity contribution >= 4 is 17.6 Å². The highest BCUT2D eigenvalue weighted by Gasteiger charge is 2.42. The van der Waals surface area contributed by atoms with Gasteiger partial charge in [0.2, 0.25) is 5.91 Å². The molecule has 0 fully saturated rings. The number of esters is 1. The largest absolute Gasteiger partial charge is 0.465 e. The average Bonchev–Trinajstić information content (AvgIpc) is 2.63. The van der Waals surface area contributed by atoms with Gasteiger partial charge >= 0.3 is 5.97 Å². The van der Waals surface area contributed by atoms with Gasteiger partial charge in [0.15, 0.2) is 5.92 Å². The van der Waals surface area contributed by atoms with E-state index in [0.717, 1.165) is 11.3 Å². The van der Waals surface area contributed by atoms with Crippen molar-refractivity contribution in [2.45, 2.75) is 26.7 Å².